The van der Waals surface area contributed by atoms with Crippen molar-refractivity contribution in [1.82, 2.24) is 9.97 Å². The maximum absolute atomic E-state index is 9.72. The SMILES string of the molecule is Oc1cccc2c1-c1cncnc1C2. The summed E-state index contributed by atoms with van der Waals surface area (Å²) in [5.74, 6) is 0.316. The van der Waals surface area contributed by atoms with Crippen LogP contribution in [-0.4, -0.2) is 15.1 Å². The van der Waals surface area contributed by atoms with Crippen molar-refractivity contribution >= 4 is 0 Å². The Balaban J connectivity index is 2.35. The Bertz CT molecular complexity index is 508. The molecule has 1 aromatic heterocycles. The van der Waals surface area contributed by atoms with E-state index in [4.69, 9.17) is 0 Å². The van der Waals surface area contributed by atoms with Crippen LogP contribution < -0.4 is 0 Å². The Hall–Kier alpha value is -1.90. The lowest BCUT2D eigenvalue weighted by molar-refractivity contribution is 0.477. The molecular weight excluding hydrogens is 176 g/mol. The lowest BCUT2D eigenvalue weighted by atomic mass is 10.1. The monoisotopic (exact) mass is 184 g/mol. The molecule has 1 aromatic carbocycles. The lowest BCUT2D eigenvalue weighted by Gasteiger charge is -2.01. The molecule has 3 nitrogen and oxygen atoms in total. The van der Waals surface area contributed by atoms with Gasteiger partial charge in [-0.2, -0.15) is 0 Å². The summed E-state index contributed by atoms with van der Waals surface area (Å²) in [6, 6.07) is 5.56. The highest BCUT2D eigenvalue weighted by Crippen LogP contribution is 2.40. The van der Waals surface area contributed by atoms with Gasteiger partial charge in [-0.05, 0) is 11.6 Å². The third kappa shape index (κ3) is 0.865. The maximum atomic E-state index is 9.72. The fraction of sp³-hybridized carbons (Fsp3) is 0.0909. The molecule has 0 saturated carbocycles. The number of hydrogen-bond donors (Lipinski definition) is 1. The van der Waals surface area contributed by atoms with Gasteiger partial charge in [-0.1, -0.05) is 12.1 Å². The van der Waals surface area contributed by atoms with E-state index >= 15 is 0 Å². The first-order chi connectivity index (χ1) is 6.86. The topological polar surface area (TPSA) is 46.0 Å². The Morgan fingerprint density at radius 2 is 2.21 bits per heavy atom. The zero-order valence-electron chi connectivity index (χ0n) is 7.44. The van der Waals surface area contributed by atoms with Crippen molar-refractivity contribution in [3.05, 3.63) is 42.0 Å². The molecule has 0 spiro atoms. The Morgan fingerprint density at radius 1 is 1.29 bits per heavy atom. The smallest absolute Gasteiger partial charge is 0.123 e. The van der Waals surface area contributed by atoms with Crippen LogP contribution in [0.25, 0.3) is 11.1 Å². The van der Waals surface area contributed by atoms with Gasteiger partial charge >= 0.3 is 0 Å². The number of aromatic nitrogens is 2. The van der Waals surface area contributed by atoms with Crippen LogP contribution in [0.1, 0.15) is 11.3 Å². The summed E-state index contributed by atoms with van der Waals surface area (Å²) in [4.78, 5) is 8.17. The van der Waals surface area contributed by atoms with E-state index in [0.717, 1.165) is 28.8 Å². The molecule has 0 atom stereocenters. The van der Waals surface area contributed by atoms with Crippen LogP contribution in [0.5, 0.6) is 5.75 Å². The van der Waals surface area contributed by atoms with E-state index in [1.54, 1.807) is 18.6 Å². The van der Waals surface area contributed by atoms with Crippen LogP contribution in [0.2, 0.25) is 0 Å². The fourth-order valence-electron chi connectivity index (χ4n) is 1.93. The second kappa shape index (κ2) is 2.54. The van der Waals surface area contributed by atoms with Crippen molar-refractivity contribution in [2.24, 2.45) is 0 Å². The zero-order chi connectivity index (χ0) is 9.54. The van der Waals surface area contributed by atoms with Crippen molar-refractivity contribution in [3.63, 3.8) is 0 Å². The summed E-state index contributed by atoms with van der Waals surface area (Å²) in [5, 5.41) is 9.72. The van der Waals surface area contributed by atoms with Crippen molar-refractivity contribution in [2.45, 2.75) is 6.42 Å². The second-order valence-corrected chi connectivity index (χ2v) is 3.37. The molecule has 0 amide bonds. The number of aromatic hydroxyl groups is 1. The zero-order valence-corrected chi connectivity index (χ0v) is 7.44. The highest BCUT2D eigenvalue weighted by atomic mass is 16.3. The van der Waals surface area contributed by atoms with Gasteiger partial charge in [0.2, 0.25) is 0 Å². The molecule has 0 bridgehead atoms. The number of rotatable bonds is 0. The molecule has 0 aliphatic heterocycles. The molecule has 3 heteroatoms. The van der Waals surface area contributed by atoms with Gasteiger partial charge in [-0.3, -0.25) is 0 Å². The van der Waals surface area contributed by atoms with Gasteiger partial charge in [0.15, 0.2) is 0 Å². The summed E-state index contributed by atoms with van der Waals surface area (Å²) in [6.45, 7) is 0. The van der Waals surface area contributed by atoms with Crippen molar-refractivity contribution in [2.75, 3.05) is 0 Å². The third-order valence-corrected chi connectivity index (χ3v) is 2.55. The Labute approximate surface area is 81.1 Å². The number of phenolic OH excluding ortho intramolecular Hbond substituents is 1. The van der Waals surface area contributed by atoms with E-state index < -0.39 is 0 Å². The predicted octanol–water partition coefficient (Wildman–Crippen LogP) is 1.75. The number of fused-ring (bicyclic) bond motifs is 3. The Morgan fingerprint density at radius 3 is 3.14 bits per heavy atom. The Kier molecular flexibility index (Phi) is 1.36. The summed E-state index contributed by atoms with van der Waals surface area (Å²) in [6.07, 6.45) is 4.09. The van der Waals surface area contributed by atoms with Crippen LogP contribution in [0.3, 0.4) is 0 Å². The molecule has 0 fully saturated rings. The molecule has 0 unspecified atom stereocenters. The molecule has 0 saturated heterocycles. The lowest BCUT2D eigenvalue weighted by Crippen LogP contribution is -1.86. The van der Waals surface area contributed by atoms with Gasteiger partial charge in [-0.15, -0.1) is 0 Å². The quantitative estimate of drug-likeness (QED) is 0.579. The largest absolute Gasteiger partial charge is 0.507 e. The highest BCUT2D eigenvalue weighted by Gasteiger charge is 2.21. The predicted molar refractivity (Wildman–Crippen MR) is 51.9 cm³/mol. The van der Waals surface area contributed by atoms with Crippen molar-refractivity contribution in [1.29, 1.82) is 0 Å². The van der Waals surface area contributed by atoms with E-state index in [2.05, 4.69) is 9.97 Å². The summed E-state index contributed by atoms with van der Waals surface area (Å²) < 4.78 is 0. The first-order valence-electron chi connectivity index (χ1n) is 4.46. The summed E-state index contributed by atoms with van der Waals surface area (Å²) >= 11 is 0. The fourth-order valence-corrected chi connectivity index (χ4v) is 1.93. The molecule has 2 aromatic rings. The molecule has 1 N–H and O–H groups in total. The molecule has 1 aliphatic carbocycles. The van der Waals surface area contributed by atoms with E-state index in [-0.39, 0.29) is 0 Å². The molecule has 1 heterocycles. The van der Waals surface area contributed by atoms with Crippen LogP contribution in [-0.2, 0) is 6.42 Å². The van der Waals surface area contributed by atoms with E-state index in [0.29, 0.717) is 5.75 Å². The van der Waals surface area contributed by atoms with E-state index in [9.17, 15) is 5.11 Å². The maximum Gasteiger partial charge on any atom is 0.123 e. The normalized spacial score (nSPS) is 12.3. The number of hydrogen-bond acceptors (Lipinski definition) is 3. The highest BCUT2D eigenvalue weighted by molar-refractivity contribution is 5.79. The van der Waals surface area contributed by atoms with Crippen molar-refractivity contribution < 1.29 is 5.11 Å². The molecule has 3 rings (SSSR count). The molecule has 1 aliphatic rings. The van der Waals surface area contributed by atoms with Gasteiger partial charge in [0.05, 0.1) is 5.69 Å². The van der Waals surface area contributed by atoms with Crippen LogP contribution >= 0.6 is 0 Å². The summed E-state index contributed by atoms with van der Waals surface area (Å²) in [7, 11) is 0. The average molecular weight is 184 g/mol. The third-order valence-electron chi connectivity index (χ3n) is 2.55. The molecule has 14 heavy (non-hydrogen) atoms. The minimum Gasteiger partial charge on any atom is -0.507 e. The standard InChI is InChI=1S/C11H8N2O/c14-10-3-1-2-7-4-9-8(11(7)10)5-12-6-13-9/h1-3,5-6,14H,4H2. The first kappa shape index (κ1) is 7.50. The number of nitrogens with zero attached hydrogens (tertiary/aromatic N) is 2. The summed E-state index contributed by atoms with van der Waals surface area (Å²) in [5.41, 5.74) is 3.97. The second-order valence-electron chi connectivity index (χ2n) is 3.37. The van der Waals surface area contributed by atoms with Gasteiger partial charge < -0.3 is 5.11 Å². The van der Waals surface area contributed by atoms with Gasteiger partial charge in [0, 0.05) is 23.7 Å². The van der Waals surface area contributed by atoms with Gasteiger partial charge in [-0.25, -0.2) is 9.97 Å². The number of benzene rings is 1. The van der Waals surface area contributed by atoms with Gasteiger partial charge in [0.25, 0.3) is 0 Å². The van der Waals surface area contributed by atoms with E-state index in [1.165, 1.54) is 0 Å². The average Bonchev–Trinajstić information content (AvgIpc) is 2.57. The first-order valence-corrected chi connectivity index (χ1v) is 4.46. The van der Waals surface area contributed by atoms with Crippen LogP contribution in [0, 0.1) is 0 Å². The van der Waals surface area contributed by atoms with Crippen LogP contribution in [0.15, 0.2) is 30.7 Å². The minimum atomic E-state index is 0.316. The van der Waals surface area contributed by atoms with Gasteiger partial charge in [0.1, 0.15) is 12.1 Å². The van der Waals surface area contributed by atoms with Crippen LogP contribution in [0.4, 0.5) is 0 Å². The molecule has 0 radical (unpaired) electrons. The molecular formula is C11H8N2O. The van der Waals surface area contributed by atoms with Crippen molar-refractivity contribution in [3.8, 4) is 16.9 Å². The minimum absolute atomic E-state index is 0.316. The molecule has 68 valence electrons. The van der Waals surface area contributed by atoms with E-state index in [1.807, 2.05) is 12.1 Å². The number of phenols is 1.